The number of nitrogens with zero attached hydrogens (tertiary/aromatic N) is 4. The minimum atomic E-state index is -0.0400. The smallest absolute Gasteiger partial charge is 0.322 e. The number of nitrogens with one attached hydrogen (secondary N) is 1. The van der Waals surface area contributed by atoms with Gasteiger partial charge in [0, 0.05) is 42.8 Å². The minimum absolute atomic E-state index is 0.0400. The number of carbonyl (C=O) groups excluding carboxylic acids is 1. The fraction of sp³-hybridized carbons (Fsp3) is 0.381. The molecule has 1 atom stereocenters. The van der Waals surface area contributed by atoms with Crippen molar-refractivity contribution in [3.05, 3.63) is 55.1 Å². The van der Waals surface area contributed by atoms with Gasteiger partial charge in [-0.1, -0.05) is 12.1 Å². The van der Waals surface area contributed by atoms with E-state index in [2.05, 4.69) is 19.9 Å². The number of hydrogen-bond acceptors (Lipinski definition) is 4. The predicted octanol–water partition coefficient (Wildman–Crippen LogP) is 4.32. The Morgan fingerprint density at radius 2 is 2.29 bits per heavy atom. The summed E-state index contributed by atoms with van der Waals surface area (Å²) in [5.41, 5.74) is 1.65. The third-order valence-corrected chi connectivity index (χ3v) is 5.35. The summed E-state index contributed by atoms with van der Waals surface area (Å²) >= 11 is 0. The number of imidazole rings is 1. The van der Waals surface area contributed by atoms with Crippen LogP contribution >= 0.6 is 0 Å². The predicted molar refractivity (Wildman–Crippen MR) is 107 cm³/mol. The van der Waals surface area contributed by atoms with Crippen molar-refractivity contribution in [1.82, 2.24) is 19.4 Å². The lowest BCUT2D eigenvalue weighted by atomic mass is 9.99. The summed E-state index contributed by atoms with van der Waals surface area (Å²) in [5, 5.41) is 3.05. The normalized spacial score (nSPS) is 16.9. The molecule has 1 aromatic carbocycles. The molecule has 7 nitrogen and oxygen atoms in total. The molecule has 3 heterocycles. The molecular weight excluding hydrogens is 354 g/mol. The van der Waals surface area contributed by atoms with Gasteiger partial charge in [-0.2, -0.15) is 0 Å². The average molecular weight is 379 g/mol. The lowest BCUT2D eigenvalue weighted by molar-refractivity contribution is 0.155. The maximum absolute atomic E-state index is 13.0. The number of oxazole rings is 1. The zero-order valence-corrected chi connectivity index (χ0v) is 16.0. The molecule has 4 rings (SSSR count). The van der Waals surface area contributed by atoms with Crippen LogP contribution in [0.3, 0.4) is 0 Å². The van der Waals surface area contributed by atoms with Crippen LogP contribution in [0.5, 0.6) is 0 Å². The Kier molecular flexibility index (Phi) is 5.41. The first-order chi connectivity index (χ1) is 13.7. The number of benzene rings is 1. The topological polar surface area (TPSA) is 76.2 Å². The van der Waals surface area contributed by atoms with Gasteiger partial charge in [0.2, 0.25) is 0 Å². The molecule has 0 radical (unpaired) electrons. The molecule has 1 N–H and O–H groups in total. The van der Waals surface area contributed by atoms with E-state index in [0.717, 1.165) is 49.4 Å². The van der Waals surface area contributed by atoms with Crippen molar-refractivity contribution >= 4 is 11.7 Å². The monoisotopic (exact) mass is 379 g/mol. The third-order valence-electron chi connectivity index (χ3n) is 5.35. The molecule has 146 valence electrons. The largest absolute Gasteiger partial charge is 0.444 e. The van der Waals surface area contributed by atoms with E-state index in [0.29, 0.717) is 5.76 Å². The second-order valence-corrected chi connectivity index (χ2v) is 7.18. The van der Waals surface area contributed by atoms with Gasteiger partial charge < -0.3 is 19.2 Å². The molecule has 0 saturated carbocycles. The van der Waals surface area contributed by atoms with Crippen LogP contribution in [0, 0.1) is 6.92 Å². The van der Waals surface area contributed by atoms with Gasteiger partial charge in [0.15, 0.2) is 12.2 Å². The van der Waals surface area contributed by atoms with Gasteiger partial charge >= 0.3 is 6.03 Å². The number of piperidine rings is 1. The molecule has 1 aliphatic heterocycles. The molecule has 3 aromatic rings. The Bertz CT molecular complexity index is 919. The molecule has 28 heavy (non-hydrogen) atoms. The zero-order valence-electron chi connectivity index (χ0n) is 16.0. The minimum Gasteiger partial charge on any atom is -0.444 e. The lowest BCUT2D eigenvalue weighted by Gasteiger charge is -2.36. The fourth-order valence-electron chi connectivity index (χ4n) is 3.80. The third kappa shape index (κ3) is 4.08. The summed E-state index contributed by atoms with van der Waals surface area (Å²) in [4.78, 5) is 23.2. The van der Waals surface area contributed by atoms with E-state index >= 15 is 0 Å². The summed E-state index contributed by atoms with van der Waals surface area (Å²) in [6.45, 7) is 3.68. The van der Waals surface area contributed by atoms with Gasteiger partial charge in [0.25, 0.3) is 0 Å². The summed E-state index contributed by atoms with van der Waals surface area (Å²) in [5.74, 6) is 1.69. The Labute approximate surface area is 164 Å². The molecule has 1 saturated heterocycles. The first kappa shape index (κ1) is 18.3. The molecule has 1 fully saturated rings. The quantitative estimate of drug-likeness (QED) is 0.716. The number of amides is 2. The fourth-order valence-corrected chi connectivity index (χ4v) is 3.80. The van der Waals surface area contributed by atoms with Crippen molar-refractivity contribution in [3.8, 4) is 11.3 Å². The van der Waals surface area contributed by atoms with Crippen LogP contribution in [0.15, 0.2) is 53.7 Å². The summed E-state index contributed by atoms with van der Waals surface area (Å²) in [6, 6.07) is 7.85. The highest BCUT2D eigenvalue weighted by atomic mass is 16.3. The molecular formula is C21H25N5O2. The van der Waals surface area contributed by atoms with Gasteiger partial charge in [0.1, 0.15) is 5.82 Å². The van der Waals surface area contributed by atoms with Crippen molar-refractivity contribution in [3.63, 3.8) is 0 Å². The number of anilines is 1. The van der Waals surface area contributed by atoms with Crippen LogP contribution in [-0.4, -0.2) is 38.1 Å². The van der Waals surface area contributed by atoms with E-state index in [9.17, 15) is 4.79 Å². The average Bonchev–Trinajstić information content (AvgIpc) is 3.39. The Hall–Kier alpha value is -3.09. The highest BCUT2D eigenvalue weighted by Crippen LogP contribution is 2.24. The summed E-state index contributed by atoms with van der Waals surface area (Å²) in [6.07, 6.45) is 11.1. The zero-order chi connectivity index (χ0) is 19.3. The van der Waals surface area contributed by atoms with Crippen LogP contribution in [0.2, 0.25) is 0 Å². The highest BCUT2D eigenvalue weighted by molar-refractivity contribution is 5.90. The van der Waals surface area contributed by atoms with Gasteiger partial charge in [0.05, 0.1) is 6.20 Å². The molecule has 7 heteroatoms. The molecule has 0 spiro atoms. The van der Waals surface area contributed by atoms with Crippen LogP contribution in [-0.2, 0) is 6.54 Å². The summed E-state index contributed by atoms with van der Waals surface area (Å²) in [7, 11) is 0. The molecule has 2 amide bonds. The maximum atomic E-state index is 13.0. The van der Waals surface area contributed by atoms with Crippen molar-refractivity contribution in [1.29, 1.82) is 0 Å². The molecule has 0 aliphatic carbocycles. The number of aromatic nitrogens is 3. The van der Waals surface area contributed by atoms with Crippen molar-refractivity contribution < 1.29 is 9.21 Å². The van der Waals surface area contributed by atoms with Crippen LogP contribution in [0.4, 0.5) is 10.5 Å². The highest BCUT2D eigenvalue weighted by Gasteiger charge is 2.26. The van der Waals surface area contributed by atoms with Crippen LogP contribution < -0.4 is 5.32 Å². The first-order valence-electron chi connectivity index (χ1n) is 9.75. The molecule has 1 aliphatic rings. The molecule has 2 aromatic heterocycles. The standard InChI is InChI=1S/C21H25N5O2/c1-16-23-9-12-25(16)11-8-19-7-2-3-10-26(19)21(27)24-18-6-4-5-17(13-18)20-14-22-15-28-20/h4-6,9,12-15,19H,2-3,7-8,10-11H2,1H3,(H,24,27)/t19-/m1/s1. The van der Waals surface area contributed by atoms with Gasteiger partial charge in [-0.25, -0.2) is 14.8 Å². The number of rotatable bonds is 5. The van der Waals surface area contributed by atoms with Gasteiger partial charge in [-0.15, -0.1) is 0 Å². The van der Waals surface area contributed by atoms with Crippen LogP contribution in [0.1, 0.15) is 31.5 Å². The first-order valence-corrected chi connectivity index (χ1v) is 9.75. The summed E-state index contributed by atoms with van der Waals surface area (Å²) < 4.78 is 7.49. The molecule has 0 bridgehead atoms. The second kappa shape index (κ2) is 8.29. The number of hydrogen-bond donors (Lipinski definition) is 1. The van der Waals surface area contributed by atoms with E-state index in [1.807, 2.05) is 48.5 Å². The van der Waals surface area contributed by atoms with Crippen molar-refractivity contribution in [2.24, 2.45) is 0 Å². The Morgan fingerprint density at radius 3 is 3.07 bits per heavy atom. The number of likely N-dealkylation sites (tertiary alicyclic amines) is 1. The van der Waals surface area contributed by atoms with E-state index in [1.54, 1.807) is 6.20 Å². The van der Waals surface area contributed by atoms with Gasteiger partial charge in [-0.3, -0.25) is 0 Å². The second-order valence-electron chi connectivity index (χ2n) is 7.18. The molecule has 0 unspecified atom stereocenters. The van der Waals surface area contributed by atoms with Crippen molar-refractivity contribution in [2.45, 2.75) is 45.2 Å². The van der Waals surface area contributed by atoms with E-state index in [-0.39, 0.29) is 12.1 Å². The Morgan fingerprint density at radius 1 is 1.36 bits per heavy atom. The maximum Gasteiger partial charge on any atom is 0.322 e. The van der Waals surface area contributed by atoms with Gasteiger partial charge in [-0.05, 0) is 44.7 Å². The van der Waals surface area contributed by atoms with Crippen molar-refractivity contribution in [2.75, 3.05) is 11.9 Å². The number of carbonyl (C=O) groups is 1. The number of urea groups is 1. The number of aryl methyl sites for hydroxylation is 2. The van der Waals surface area contributed by atoms with Crippen LogP contribution in [0.25, 0.3) is 11.3 Å². The lowest BCUT2D eigenvalue weighted by Crippen LogP contribution is -2.46. The van der Waals surface area contributed by atoms with E-state index in [4.69, 9.17) is 4.42 Å². The SMILES string of the molecule is Cc1nccn1CC[C@H]1CCCCN1C(=O)Nc1cccc(-c2cnco2)c1. The van der Waals surface area contributed by atoms with E-state index in [1.165, 1.54) is 12.8 Å². The van der Waals surface area contributed by atoms with E-state index < -0.39 is 0 Å². The Balaban J connectivity index is 1.42.